The van der Waals surface area contributed by atoms with E-state index in [9.17, 15) is 4.39 Å². The third-order valence-electron chi connectivity index (χ3n) is 2.74. The molecule has 0 bridgehead atoms. The molecule has 1 heterocycles. The number of nitrogens with zero attached hydrogens (tertiary/aromatic N) is 2. The first-order valence-electron chi connectivity index (χ1n) is 4.41. The van der Waals surface area contributed by atoms with Gasteiger partial charge in [-0.3, -0.25) is 4.68 Å². The zero-order valence-corrected chi connectivity index (χ0v) is 7.84. The molecule has 0 aliphatic heterocycles. The van der Waals surface area contributed by atoms with Crippen LogP contribution in [0.3, 0.4) is 0 Å². The first-order chi connectivity index (χ1) is 6.06. The van der Waals surface area contributed by atoms with E-state index in [1.165, 1.54) is 0 Å². The number of rotatable bonds is 1. The topological polar surface area (TPSA) is 38.0 Å². The van der Waals surface area contributed by atoms with Gasteiger partial charge in [0.1, 0.15) is 5.67 Å². The molecule has 3 nitrogen and oxygen atoms in total. The summed E-state index contributed by atoms with van der Waals surface area (Å²) >= 11 is 0. The fraction of sp³-hybridized carbons (Fsp3) is 0.667. The predicted octanol–water partition coefficient (Wildman–Crippen LogP) is 1.04. The molecule has 0 spiro atoms. The fourth-order valence-electron chi connectivity index (χ4n) is 2.10. The highest BCUT2D eigenvalue weighted by Crippen LogP contribution is 2.41. The van der Waals surface area contributed by atoms with Gasteiger partial charge in [-0.05, 0) is 19.8 Å². The van der Waals surface area contributed by atoms with Crippen LogP contribution in [0.4, 0.5) is 4.39 Å². The van der Waals surface area contributed by atoms with Crippen LogP contribution in [0.25, 0.3) is 0 Å². The molecule has 13 heavy (non-hydrogen) atoms. The Kier molecular flexibility index (Phi) is 1.70. The Balaban J connectivity index is 2.60. The third-order valence-corrected chi connectivity index (χ3v) is 2.74. The average molecular weight is 184 g/mol. The van der Waals surface area contributed by atoms with Crippen LogP contribution in [0.5, 0.6) is 0 Å². The van der Waals surface area contributed by atoms with E-state index in [0.29, 0.717) is 24.1 Å². The van der Waals surface area contributed by atoms with Crippen LogP contribution in [0.2, 0.25) is 0 Å². The normalized spacial score (nSPS) is 26.5. The summed E-state index contributed by atoms with van der Waals surface area (Å²) in [6, 6.07) is 0. The van der Waals surface area contributed by atoms with E-state index in [-0.39, 0.29) is 6.61 Å². The average Bonchev–Trinajstić information content (AvgIpc) is 2.53. The van der Waals surface area contributed by atoms with Gasteiger partial charge in [-0.25, -0.2) is 4.39 Å². The highest BCUT2D eigenvalue weighted by Gasteiger charge is 2.39. The van der Waals surface area contributed by atoms with Crippen molar-refractivity contribution in [3.63, 3.8) is 0 Å². The number of aryl methyl sites for hydroxylation is 1. The van der Waals surface area contributed by atoms with Gasteiger partial charge in [-0.15, -0.1) is 0 Å². The molecule has 4 heteroatoms. The fourth-order valence-corrected chi connectivity index (χ4v) is 2.10. The van der Waals surface area contributed by atoms with E-state index < -0.39 is 5.67 Å². The second-order valence-corrected chi connectivity index (χ2v) is 3.75. The van der Waals surface area contributed by atoms with Gasteiger partial charge in [0.2, 0.25) is 0 Å². The van der Waals surface area contributed by atoms with Crippen LogP contribution >= 0.6 is 0 Å². The SMILES string of the molecule is Cn1nc(CO)c2c1CCC2(C)F. The molecule has 0 saturated carbocycles. The molecule has 1 aliphatic carbocycles. The molecule has 1 atom stereocenters. The number of aliphatic hydroxyl groups excluding tert-OH is 1. The van der Waals surface area contributed by atoms with E-state index in [2.05, 4.69) is 5.10 Å². The smallest absolute Gasteiger partial charge is 0.137 e. The van der Waals surface area contributed by atoms with Gasteiger partial charge in [-0.2, -0.15) is 5.10 Å². The van der Waals surface area contributed by atoms with E-state index in [0.717, 1.165) is 5.69 Å². The first-order valence-corrected chi connectivity index (χ1v) is 4.41. The second-order valence-electron chi connectivity index (χ2n) is 3.75. The molecule has 0 amide bonds. The minimum atomic E-state index is -1.30. The van der Waals surface area contributed by atoms with E-state index in [4.69, 9.17) is 5.11 Å². The molecular formula is C9H13FN2O. The lowest BCUT2D eigenvalue weighted by Gasteiger charge is -2.13. The number of aliphatic hydroxyl groups is 1. The molecule has 1 aromatic heterocycles. The Morgan fingerprint density at radius 2 is 2.38 bits per heavy atom. The van der Waals surface area contributed by atoms with Gasteiger partial charge in [0, 0.05) is 18.3 Å². The van der Waals surface area contributed by atoms with Gasteiger partial charge in [-0.1, -0.05) is 0 Å². The molecule has 0 saturated heterocycles. The van der Waals surface area contributed by atoms with Crippen molar-refractivity contribution in [1.82, 2.24) is 9.78 Å². The quantitative estimate of drug-likeness (QED) is 0.708. The Bertz CT molecular complexity index is 344. The third kappa shape index (κ3) is 1.09. The number of fused-ring (bicyclic) bond motifs is 1. The van der Waals surface area contributed by atoms with Crippen LogP contribution in [-0.2, 0) is 25.7 Å². The number of halogens is 1. The summed E-state index contributed by atoms with van der Waals surface area (Å²) in [5.74, 6) is 0. The van der Waals surface area contributed by atoms with Crippen molar-refractivity contribution in [3.8, 4) is 0 Å². The van der Waals surface area contributed by atoms with Crippen LogP contribution in [0.1, 0.15) is 30.3 Å². The molecule has 2 rings (SSSR count). The maximum atomic E-state index is 13.9. The second kappa shape index (κ2) is 2.54. The van der Waals surface area contributed by atoms with Crippen molar-refractivity contribution in [3.05, 3.63) is 17.0 Å². The molecule has 0 fully saturated rings. The van der Waals surface area contributed by atoms with Crippen LogP contribution in [0.15, 0.2) is 0 Å². The standard InChI is InChI=1S/C9H13FN2O/c1-9(10)4-3-7-8(9)6(5-13)11-12(7)2/h13H,3-5H2,1-2H3. The number of alkyl halides is 1. The highest BCUT2D eigenvalue weighted by molar-refractivity contribution is 5.36. The predicted molar refractivity (Wildman–Crippen MR) is 45.9 cm³/mol. The maximum Gasteiger partial charge on any atom is 0.137 e. The number of hydrogen-bond acceptors (Lipinski definition) is 2. The van der Waals surface area contributed by atoms with Gasteiger partial charge in [0.15, 0.2) is 0 Å². The van der Waals surface area contributed by atoms with Crippen LogP contribution < -0.4 is 0 Å². The maximum absolute atomic E-state index is 13.9. The lowest BCUT2D eigenvalue weighted by molar-refractivity contribution is 0.186. The minimum Gasteiger partial charge on any atom is -0.390 e. The molecule has 0 radical (unpaired) electrons. The molecular weight excluding hydrogens is 171 g/mol. The Morgan fingerprint density at radius 1 is 1.69 bits per heavy atom. The summed E-state index contributed by atoms with van der Waals surface area (Å²) in [4.78, 5) is 0. The zero-order chi connectivity index (χ0) is 9.64. The Labute approximate surface area is 76.2 Å². The van der Waals surface area contributed by atoms with Crippen LogP contribution in [0, 0.1) is 0 Å². The van der Waals surface area contributed by atoms with Gasteiger partial charge in [0.05, 0.1) is 12.3 Å². The summed E-state index contributed by atoms with van der Waals surface area (Å²) in [7, 11) is 1.79. The lowest BCUT2D eigenvalue weighted by Crippen LogP contribution is -2.12. The monoisotopic (exact) mass is 184 g/mol. The zero-order valence-electron chi connectivity index (χ0n) is 7.84. The molecule has 1 aromatic rings. The molecule has 72 valence electrons. The van der Waals surface area contributed by atoms with Gasteiger partial charge in [0.25, 0.3) is 0 Å². The van der Waals surface area contributed by atoms with E-state index in [1.807, 2.05) is 0 Å². The summed E-state index contributed by atoms with van der Waals surface area (Å²) < 4.78 is 15.6. The van der Waals surface area contributed by atoms with Crippen molar-refractivity contribution >= 4 is 0 Å². The molecule has 0 aromatic carbocycles. The minimum absolute atomic E-state index is 0.178. The summed E-state index contributed by atoms with van der Waals surface area (Å²) in [5.41, 5.74) is 0.716. The van der Waals surface area contributed by atoms with Gasteiger partial charge < -0.3 is 5.11 Å². The Morgan fingerprint density at radius 3 is 3.00 bits per heavy atom. The highest BCUT2D eigenvalue weighted by atomic mass is 19.1. The van der Waals surface area contributed by atoms with E-state index >= 15 is 0 Å². The van der Waals surface area contributed by atoms with Crippen LogP contribution in [-0.4, -0.2) is 14.9 Å². The van der Waals surface area contributed by atoms with Gasteiger partial charge >= 0.3 is 0 Å². The van der Waals surface area contributed by atoms with Crippen molar-refractivity contribution in [2.45, 2.75) is 32.0 Å². The van der Waals surface area contributed by atoms with Crippen molar-refractivity contribution in [2.24, 2.45) is 7.05 Å². The molecule has 1 N–H and O–H groups in total. The summed E-state index contributed by atoms with van der Waals surface area (Å²) in [6.45, 7) is 1.38. The molecule has 1 aliphatic rings. The molecule has 1 unspecified atom stereocenters. The number of aromatic nitrogens is 2. The van der Waals surface area contributed by atoms with Crippen molar-refractivity contribution in [1.29, 1.82) is 0 Å². The van der Waals surface area contributed by atoms with Crippen molar-refractivity contribution < 1.29 is 9.50 Å². The Hall–Kier alpha value is -0.900. The first kappa shape index (κ1) is 8.69. The summed E-state index contributed by atoms with van der Waals surface area (Å²) in [5, 5.41) is 13.1. The largest absolute Gasteiger partial charge is 0.390 e. The lowest BCUT2D eigenvalue weighted by atomic mass is 10.0. The van der Waals surface area contributed by atoms with E-state index in [1.54, 1.807) is 18.7 Å². The van der Waals surface area contributed by atoms with Crippen molar-refractivity contribution in [2.75, 3.05) is 0 Å². The summed E-state index contributed by atoms with van der Waals surface area (Å²) in [6.07, 6.45) is 1.22. The number of hydrogen-bond donors (Lipinski definition) is 1.